The maximum absolute atomic E-state index is 13.4. The fourth-order valence-electron chi connectivity index (χ4n) is 1.85. The van der Waals surface area contributed by atoms with Gasteiger partial charge in [0.05, 0.1) is 10.0 Å². The van der Waals surface area contributed by atoms with Crippen LogP contribution in [0.2, 0.25) is 10.0 Å². The third kappa shape index (κ3) is 4.65. The average molecular weight is 352 g/mol. The molecule has 2 rings (SSSR count). The summed E-state index contributed by atoms with van der Waals surface area (Å²) in [4.78, 5) is 23.0. The number of nitrogens with one attached hydrogen (secondary N) is 1. The van der Waals surface area contributed by atoms with E-state index in [0.29, 0.717) is 5.69 Å². The van der Waals surface area contributed by atoms with Crippen molar-refractivity contribution in [2.24, 2.45) is 0 Å². The number of carbonyl (C=O) groups excluding carboxylic acids is 2. The van der Waals surface area contributed by atoms with E-state index in [2.05, 4.69) is 5.32 Å². The molecule has 0 saturated heterocycles. The molecule has 0 atom stereocenters. The Kier molecular flexibility index (Phi) is 5.53. The van der Waals surface area contributed by atoms with E-state index in [4.69, 9.17) is 23.2 Å². The van der Waals surface area contributed by atoms with Crippen LogP contribution in [0, 0.1) is 5.82 Å². The number of rotatable bonds is 4. The molecule has 23 heavy (non-hydrogen) atoms. The van der Waals surface area contributed by atoms with Crippen molar-refractivity contribution in [1.82, 2.24) is 0 Å². The Hall–Kier alpha value is -2.17. The molecule has 0 aliphatic carbocycles. The molecule has 0 aromatic heterocycles. The molecule has 118 valence electrons. The first-order chi connectivity index (χ1) is 10.9. The smallest absolute Gasteiger partial charge is 0.221 e. The number of amides is 1. The Balaban J connectivity index is 2.15. The van der Waals surface area contributed by atoms with Crippen LogP contribution in [-0.4, -0.2) is 11.7 Å². The summed E-state index contributed by atoms with van der Waals surface area (Å²) in [5.41, 5.74) is 1.45. The Labute approximate surface area is 142 Å². The predicted molar refractivity (Wildman–Crippen MR) is 90.5 cm³/mol. The van der Waals surface area contributed by atoms with E-state index in [9.17, 15) is 14.0 Å². The van der Waals surface area contributed by atoms with Crippen LogP contribution in [0.5, 0.6) is 0 Å². The molecule has 0 saturated carbocycles. The van der Waals surface area contributed by atoms with E-state index in [-0.39, 0.29) is 21.5 Å². The Morgan fingerprint density at radius 2 is 1.74 bits per heavy atom. The molecule has 0 aliphatic rings. The average Bonchev–Trinajstić information content (AvgIpc) is 2.49. The molecule has 0 aliphatic heterocycles. The molecular formula is C17H12Cl2FNO2. The fourth-order valence-corrected chi connectivity index (χ4v) is 2.33. The van der Waals surface area contributed by atoms with Crippen LogP contribution in [0.25, 0.3) is 6.08 Å². The van der Waals surface area contributed by atoms with Crippen molar-refractivity contribution < 1.29 is 14.0 Å². The standard InChI is InChI=1S/C17H12Cl2FNO2/c1-10(22)21-12-5-2-11(3-6-12)4-7-17(23)13-8-16(20)15(19)9-14(13)18/h2-9H,1H3,(H,21,22)/b7-4+. The minimum atomic E-state index is -0.701. The van der Waals surface area contributed by atoms with E-state index in [0.717, 1.165) is 11.6 Å². The highest BCUT2D eigenvalue weighted by Gasteiger charge is 2.12. The third-order valence-corrected chi connectivity index (χ3v) is 3.54. The maximum atomic E-state index is 13.4. The lowest BCUT2D eigenvalue weighted by Crippen LogP contribution is -2.05. The van der Waals surface area contributed by atoms with Crippen LogP contribution in [0.1, 0.15) is 22.8 Å². The van der Waals surface area contributed by atoms with Crippen LogP contribution in [0.3, 0.4) is 0 Å². The van der Waals surface area contributed by atoms with E-state index < -0.39 is 11.6 Å². The summed E-state index contributed by atoms with van der Waals surface area (Å²) < 4.78 is 13.4. The molecule has 3 nitrogen and oxygen atoms in total. The zero-order valence-electron chi connectivity index (χ0n) is 12.1. The number of hydrogen-bond donors (Lipinski definition) is 1. The van der Waals surface area contributed by atoms with E-state index in [1.165, 1.54) is 19.1 Å². The number of benzene rings is 2. The van der Waals surface area contributed by atoms with Crippen LogP contribution >= 0.6 is 23.2 Å². The molecule has 0 fully saturated rings. The highest BCUT2D eigenvalue weighted by Crippen LogP contribution is 2.25. The summed E-state index contributed by atoms with van der Waals surface area (Å²) in [6.07, 6.45) is 2.87. The van der Waals surface area contributed by atoms with Crippen molar-refractivity contribution in [1.29, 1.82) is 0 Å². The van der Waals surface area contributed by atoms with E-state index in [1.54, 1.807) is 30.3 Å². The van der Waals surface area contributed by atoms with Gasteiger partial charge in [-0.3, -0.25) is 9.59 Å². The highest BCUT2D eigenvalue weighted by atomic mass is 35.5. The van der Waals surface area contributed by atoms with Gasteiger partial charge in [0.25, 0.3) is 0 Å². The Morgan fingerprint density at radius 3 is 2.35 bits per heavy atom. The topological polar surface area (TPSA) is 46.2 Å². The first-order valence-electron chi connectivity index (χ1n) is 6.61. The van der Waals surface area contributed by atoms with Gasteiger partial charge >= 0.3 is 0 Å². The largest absolute Gasteiger partial charge is 0.326 e. The van der Waals surface area contributed by atoms with Gasteiger partial charge in [0.15, 0.2) is 5.78 Å². The number of anilines is 1. The number of halogens is 3. The lowest BCUT2D eigenvalue weighted by molar-refractivity contribution is -0.114. The first kappa shape index (κ1) is 17.2. The summed E-state index contributed by atoms with van der Waals surface area (Å²) in [6, 6.07) is 9.10. The predicted octanol–water partition coefficient (Wildman–Crippen LogP) is 4.99. The molecule has 0 heterocycles. The van der Waals surface area contributed by atoms with Gasteiger partial charge in [0.1, 0.15) is 5.82 Å². The summed E-state index contributed by atoms with van der Waals surface area (Å²) in [7, 11) is 0. The van der Waals surface area contributed by atoms with Gasteiger partial charge in [-0.2, -0.15) is 0 Å². The van der Waals surface area contributed by atoms with E-state index >= 15 is 0 Å². The lowest BCUT2D eigenvalue weighted by atomic mass is 10.1. The summed E-state index contributed by atoms with van der Waals surface area (Å²) >= 11 is 11.5. The number of carbonyl (C=O) groups is 2. The van der Waals surface area contributed by atoms with Gasteiger partial charge in [-0.25, -0.2) is 4.39 Å². The van der Waals surface area contributed by atoms with Gasteiger partial charge in [0.2, 0.25) is 5.91 Å². The van der Waals surface area contributed by atoms with Gasteiger partial charge in [-0.1, -0.05) is 41.4 Å². The van der Waals surface area contributed by atoms with Crippen molar-refractivity contribution in [2.75, 3.05) is 5.32 Å². The fraction of sp³-hybridized carbons (Fsp3) is 0.0588. The molecule has 2 aromatic rings. The summed E-state index contributed by atoms with van der Waals surface area (Å²) in [6.45, 7) is 1.42. The molecular weight excluding hydrogens is 340 g/mol. The SMILES string of the molecule is CC(=O)Nc1ccc(/C=C/C(=O)c2cc(F)c(Cl)cc2Cl)cc1. The zero-order chi connectivity index (χ0) is 17.0. The molecule has 0 unspecified atom stereocenters. The molecule has 1 N–H and O–H groups in total. The molecule has 0 bridgehead atoms. The second-order valence-corrected chi connectivity index (χ2v) is 5.56. The second-order valence-electron chi connectivity index (χ2n) is 4.75. The van der Waals surface area contributed by atoms with Crippen LogP contribution in [0.4, 0.5) is 10.1 Å². The van der Waals surface area contributed by atoms with Crippen molar-refractivity contribution in [3.8, 4) is 0 Å². The molecule has 0 spiro atoms. The molecule has 1 amide bonds. The summed E-state index contributed by atoms with van der Waals surface area (Å²) in [5, 5.41) is 2.59. The molecule has 6 heteroatoms. The maximum Gasteiger partial charge on any atom is 0.221 e. The van der Waals surface area contributed by atoms with Gasteiger partial charge in [-0.15, -0.1) is 0 Å². The molecule has 2 aromatic carbocycles. The van der Waals surface area contributed by atoms with Crippen molar-refractivity contribution in [3.63, 3.8) is 0 Å². The number of allylic oxidation sites excluding steroid dienone is 1. The minimum absolute atomic E-state index is 0.0414. The van der Waals surface area contributed by atoms with Gasteiger partial charge in [-0.05, 0) is 35.9 Å². The Bertz CT molecular complexity index is 786. The van der Waals surface area contributed by atoms with E-state index in [1.807, 2.05) is 0 Å². The minimum Gasteiger partial charge on any atom is -0.326 e. The normalized spacial score (nSPS) is 10.8. The third-order valence-electron chi connectivity index (χ3n) is 2.93. The molecule has 0 radical (unpaired) electrons. The van der Waals surface area contributed by atoms with Crippen molar-refractivity contribution >= 4 is 46.7 Å². The zero-order valence-corrected chi connectivity index (χ0v) is 13.6. The number of ketones is 1. The van der Waals surface area contributed by atoms with Crippen LogP contribution in [0.15, 0.2) is 42.5 Å². The Morgan fingerprint density at radius 1 is 1.09 bits per heavy atom. The second kappa shape index (κ2) is 7.40. The quantitative estimate of drug-likeness (QED) is 0.479. The van der Waals surface area contributed by atoms with Crippen LogP contribution in [-0.2, 0) is 4.79 Å². The van der Waals surface area contributed by atoms with Gasteiger partial charge < -0.3 is 5.32 Å². The highest BCUT2D eigenvalue weighted by molar-refractivity contribution is 6.37. The summed E-state index contributed by atoms with van der Waals surface area (Å²) in [5.74, 6) is -1.30. The van der Waals surface area contributed by atoms with Crippen molar-refractivity contribution in [3.05, 3.63) is 69.5 Å². The monoisotopic (exact) mass is 351 g/mol. The number of hydrogen-bond acceptors (Lipinski definition) is 2. The van der Waals surface area contributed by atoms with Crippen LogP contribution < -0.4 is 5.32 Å². The van der Waals surface area contributed by atoms with Gasteiger partial charge in [0, 0.05) is 18.2 Å². The van der Waals surface area contributed by atoms with Crippen molar-refractivity contribution in [2.45, 2.75) is 6.92 Å². The lowest BCUT2D eigenvalue weighted by Gasteiger charge is -2.03. The first-order valence-corrected chi connectivity index (χ1v) is 7.37.